The van der Waals surface area contributed by atoms with Gasteiger partial charge < -0.3 is 10.6 Å². The van der Waals surface area contributed by atoms with Gasteiger partial charge in [-0.05, 0) is 50.5 Å². The lowest BCUT2D eigenvalue weighted by atomic mass is 9.88. The molecule has 4 atom stereocenters. The summed E-state index contributed by atoms with van der Waals surface area (Å²) in [6, 6.07) is 0.620. The summed E-state index contributed by atoms with van der Waals surface area (Å²) in [6.07, 6.45) is 9.94. The van der Waals surface area contributed by atoms with Crippen LogP contribution in [0.2, 0.25) is 0 Å². The van der Waals surface area contributed by atoms with Gasteiger partial charge in [-0.25, -0.2) is 0 Å². The van der Waals surface area contributed by atoms with Gasteiger partial charge in [0.2, 0.25) is 0 Å². The average molecular weight is 238 g/mol. The Labute approximate surface area is 107 Å². The van der Waals surface area contributed by atoms with E-state index < -0.39 is 0 Å². The molecule has 0 saturated heterocycles. The summed E-state index contributed by atoms with van der Waals surface area (Å²) in [7, 11) is 2.29. The van der Waals surface area contributed by atoms with Crippen molar-refractivity contribution in [3.63, 3.8) is 0 Å². The SMILES string of the molecule is CCCCC(CN)N(C)CC1CC2CCC1C2. The fourth-order valence-electron chi connectivity index (χ4n) is 4.08. The highest BCUT2D eigenvalue weighted by Gasteiger charge is 2.39. The maximum Gasteiger partial charge on any atom is 0.0215 e. The van der Waals surface area contributed by atoms with Gasteiger partial charge in [-0.1, -0.05) is 26.2 Å². The largest absolute Gasteiger partial charge is 0.329 e. The molecule has 0 radical (unpaired) electrons. The van der Waals surface area contributed by atoms with Crippen molar-refractivity contribution in [2.75, 3.05) is 20.1 Å². The van der Waals surface area contributed by atoms with Crippen LogP contribution in [-0.2, 0) is 0 Å². The van der Waals surface area contributed by atoms with Crippen LogP contribution in [0, 0.1) is 17.8 Å². The molecule has 2 saturated carbocycles. The Bertz CT molecular complexity index is 229. The Morgan fingerprint density at radius 1 is 1.29 bits per heavy atom. The molecular weight excluding hydrogens is 208 g/mol. The minimum atomic E-state index is 0.620. The lowest BCUT2D eigenvalue weighted by Crippen LogP contribution is -2.41. The number of hydrogen-bond donors (Lipinski definition) is 1. The highest BCUT2D eigenvalue weighted by molar-refractivity contribution is 4.91. The maximum absolute atomic E-state index is 5.92. The van der Waals surface area contributed by atoms with Crippen molar-refractivity contribution >= 4 is 0 Å². The Morgan fingerprint density at radius 2 is 2.12 bits per heavy atom. The zero-order valence-corrected chi connectivity index (χ0v) is 11.7. The normalized spacial score (nSPS) is 33.5. The lowest BCUT2D eigenvalue weighted by Gasteiger charge is -2.32. The second kappa shape index (κ2) is 6.19. The molecule has 2 N–H and O–H groups in total. The molecule has 2 fully saturated rings. The molecule has 100 valence electrons. The zero-order valence-electron chi connectivity index (χ0n) is 11.7. The summed E-state index contributed by atoms with van der Waals surface area (Å²) in [5.41, 5.74) is 5.92. The Morgan fingerprint density at radius 3 is 2.65 bits per heavy atom. The fraction of sp³-hybridized carbons (Fsp3) is 1.00. The van der Waals surface area contributed by atoms with E-state index in [2.05, 4.69) is 18.9 Å². The molecule has 4 unspecified atom stereocenters. The third-order valence-electron chi connectivity index (χ3n) is 5.19. The van der Waals surface area contributed by atoms with E-state index in [9.17, 15) is 0 Å². The number of fused-ring (bicyclic) bond motifs is 2. The van der Waals surface area contributed by atoms with Gasteiger partial charge in [-0.2, -0.15) is 0 Å². The number of nitrogens with two attached hydrogens (primary N) is 1. The van der Waals surface area contributed by atoms with Gasteiger partial charge in [0, 0.05) is 19.1 Å². The predicted octanol–water partition coefficient (Wildman–Crippen LogP) is 2.87. The average Bonchev–Trinajstić information content (AvgIpc) is 2.92. The van der Waals surface area contributed by atoms with Crippen molar-refractivity contribution in [1.29, 1.82) is 0 Å². The summed E-state index contributed by atoms with van der Waals surface area (Å²) in [6.45, 7) is 4.40. The van der Waals surface area contributed by atoms with Crippen molar-refractivity contribution in [3.8, 4) is 0 Å². The van der Waals surface area contributed by atoms with E-state index in [1.54, 1.807) is 0 Å². The standard InChI is InChI=1S/C15H30N2/c1-3-4-5-15(10-16)17(2)11-14-9-12-6-7-13(14)8-12/h12-15H,3-11,16H2,1-2H3. The number of unbranched alkanes of at least 4 members (excludes halogenated alkanes) is 1. The Balaban J connectivity index is 1.77. The van der Waals surface area contributed by atoms with E-state index in [0.29, 0.717) is 6.04 Å². The van der Waals surface area contributed by atoms with Gasteiger partial charge in [0.25, 0.3) is 0 Å². The third kappa shape index (κ3) is 3.23. The summed E-state index contributed by atoms with van der Waals surface area (Å²) in [5.74, 6) is 3.10. The Hall–Kier alpha value is -0.0800. The van der Waals surface area contributed by atoms with E-state index in [-0.39, 0.29) is 0 Å². The van der Waals surface area contributed by atoms with Crippen molar-refractivity contribution < 1.29 is 0 Å². The van der Waals surface area contributed by atoms with Crippen LogP contribution in [0.3, 0.4) is 0 Å². The monoisotopic (exact) mass is 238 g/mol. The molecule has 17 heavy (non-hydrogen) atoms. The van der Waals surface area contributed by atoms with Gasteiger partial charge in [0.15, 0.2) is 0 Å². The van der Waals surface area contributed by atoms with E-state index in [0.717, 1.165) is 24.3 Å². The fourth-order valence-corrected chi connectivity index (χ4v) is 4.08. The quantitative estimate of drug-likeness (QED) is 0.739. The van der Waals surface area contributed by atoms with Crippen LogP contribution < -0.4 is 5.73 Å². The van der Waals surface area contributed by atoms with Crippen LogP contribution in [0.5, 0.6) is 0 Å². The van der Waals surface area contributed by atoms with Crippen LogP contribution in [0.4, 0.5) is 0 Å². The molecule has 0 aromatic rings. The Kier molecular flexibility index (Phi) is 4.87. The molecule has 0 spiro atoms. The van der Waals surface area contributed by atoms with Crippen LogP contribution in [-0.4, -0.2) is 31.1 Å². The van der Waals surface area contributed by atoms with Crippen molar-refractivity contribution in [1.82, 2.24) is 4.90 Å². The van der Waals surface area contributed by atoms with E-state index in [1.165, 1.54) is 51.5 Å². The number of hydrogen-bond acceptors (Lipinski definition) is 2. The molecule has 0 aliphatic heterocycles. The summed E-state index contributed by atoms with van der Waals surface area (Å²) >= 11 is 0. The smallest absolute Gasteiger partial charge is 0.0215 e. The van der Waals surface area contributed by atoms with Gasteiger partial charge >= 0.3 is 0 Å². The molecule has 0 amide bonds. The highest BCUT2D eigenvalue weighted by atomic mass is 15.1. The summed E-state index contributed by atoms with van der Waals surface area (Å²) in [5, 5.41) is 0. The number of nitrogens with zero attached hydrogens (tertiary/aromatic N) is 1. The predicted molar refractivity (Wildman–Crippen MR) is 73.9 cm³/mol. The van der Waals surface area contributed by atoms with Crippen LogP contribution in [0.15, 0.2) is 0 Å². The van der Waals surface area contributed by atoms with E-state index in [4.69, 9.17) is 5.73 Å². The van der Waals surface area contributed by atoms with E-state index in [1.807, 2.05) is 0 Å². The second-order valence-electron chi connectivity index (χ2n) is 6.41. The van der Waals surface area contributed by atoms with Gasteiger partial charge in [-0.15, -0.1) is 0 Å². The minimum Gasteiger partial charge on any atom is -0.329 e. The highest BCUT2D eigenvalue weighted by Crippen LogP contribution is 2.48. The minimum absolute atomic E-state index is 0.620. The maximum atomic E-state index is 5.92. The molecule has 0 aromatic heterocycles. The molecule has 2 heteroatoms. The lowest BCUT2D eigenvalue weighted by molar-refractivity contribution is 0.167. The second-order valence-corrected chi connectivity index (χ2v) is 6.41. The molecule has 0 heterocycles. The van der Waals surface area contributed by atoms with Crippen molar-refractivity contribution in [3.05, 3.63) is 0 Å². The van der Waals surface area contributed by atoms with Gasteiger partial charge in [0.1, 0.15) is 0 Å². The van der Waals surface area contributed by atoms with Gasteiger partial charge in [0.05, 0.1) is 0 Å². The first-order valence-electron chi connectivity index (χ1n) is 7.64. The zero-order chi connectivity index (χ0) is 12.3. The molecule has 2 nitrogen and oxygen atoms in total. The first-order chi connectivity index (χ1) is 8.24. The van der Waals surface area contributed by atoms with Crippen LogP contribution in [0.25, 0.3) is 0 Å². The number of likely N-dealkylation sites (N-methyl/N-ethyl adjacent to an activating group) is 1. The van der Waals surface area contributed by atoms with E-state index >= 15 is 0 Å². The number of rotatable bonds is 7. The van der Waals surface area contributed by atoms with Crippen molar-refractivity contribution in [2.24, 2.45) is 23.5 Å². The first kappa shape index (κ1) is 13.4. The summed E-state index contributed by atoms with van der Waals surface area (Å²) < 4.78 is 0. The molecule has 0 aromatic carbocycles. The topological polar surface area (TPSA) is 29.3 Å². The molecular formula is C15H30N2. The van der Waals surface area contributed by atoms with Gasteiger partial charge in [-0.3, -0.25) is 0 Å². The molecule has 2 rings (SSSR count). The third-order valence-corrected chi connectivity index (χ3v) is 5.19. The molecule has 2 bridgehead atoms. The first-order valence-corrected chi connectivity index (χ1v) is 7.64. The van der Waals surface area contributed by atoms with Crippen molar-refractivity contribution in [2.45, 2.75) is 57.9 Å². The summed E-state index contributed by atoms with van der Waals surface area (Å²) in [4.78, 5) is 2.56. The van der Waals surface area contributed by atoms with Crippen LogP contribution >= 0.6 is 0 Å². The van der Waals surface area contributed by atoms with Crippen LogP contribution in [0.1, 0.15) is 51.9 Å². The molecule has 2 aliphatic rings. The molecule has 2 aliphatic carbocycles.